The molecule has 0 spiro atoms. The van der Waals surface area contributed by atoms with E-state index in [1.807, 2.05) is 52.2 Å². The van der Waals surface area contributed by atoms with Crippen LogP contribution in [0, 0.1) is 6.92 Å². The second-order valence-corrected chi connectivity index (χ2v) is 6.28. The van der Waals surface area contributed by atoms with Crippen molar-refractivity contribution in [1.82, 2.24) is 9.88 Å². The van der Waals surface area contributed by atoms with Crippen LogP contribution in [0.2, 0.25) is 0 Å². The third-order valence-electron chi connectivity index (χ3n) is 3.91. The van der Waals surface area contributed by atoms with Crippen molar-refractivity contribution in [3.8, 4) is 0 Å². The van der Waals surface area contributed by atoms with Crippen molar-refractivity contribution in [1.29, 1.82) is 0 Å². The Bertz CT molecular complexity index is 760. The van der Waals surface area contributed by atoms with Gasteiger partial charge in [-0.25, -0.2) is 0 Å². The van der Waals surface area contributed by atoms with Gasteiger partial charge < -0.3 is 15.2 Å². The van der Waals surface area contributed by atoms with Crippen LogP contribution in [-0.4, -0.2) is 35.7 Å². The number of H-pyrrole nitrogens is 1. The molecule has 24 heavy (non-hydrogen) atoms. The molecule has 0 radical (unpaired) electrons. The Morgan fingerprint density at radius 1 is 1.25 bits per heavy atom. The Kier molecular flexibility index (Phi) is 5.57. The zero-order valence-corrected chi connectivity index (χ0v) is 15.0. The number of benzene rings is 1. The molecule has 5 heteroatoms. The standard InChI is InChI=1S/C19H25N3O2/c1-6-16-17(13(3)23)12(2)20-18(16)19(24)21-15-9-7-8-14(10-15)11-22(4)5/h7-10,20H,6,11H2,1-5H3,(H,21,24). The number of amides is 1. The summed E-state index contributed by atoms with van der Waals surface area (Å²) in [7, 11) is 4.01. The van der Waals surface area contributed by atoms with Crippen LogP contribution in [0.1, 0.15) is 51.5 Å². The number of nitrogens with one attached hydrogen (secondary N) is 2. The largest absolute Gasteiger partial charge is 0.354 e. The lowest BCUT2D eigenvalue weighted by molar-refractivity contribution is 0.101. The van der Waals surface area contributed by atoms with Gasteiger partial charge in [-0.05, 0) is 57.6 Å². The average Bonchev–Trinajstić information content (AvgIpc) is 2.83. The van der Waals surface area contributed by atoms with Crippen LogP contribution >= 0.6 is 0 Å². The average molecular weight is 327 g/mol. The molecular formula is C19H25N3O2. The van der Waals surface area contributed by atoms with Gasteiger partial charge in [0.2, 0.25) is 0 Å². The Morgan fingerprint density at radius 3 is 2.54 bits per heavy atom. The molecule has 1 heterocycles. The number of hydrogen-bond acceptors (Lipinski definition) is 3. The molecule has 0 saturated heterocycles. The summed E-state index contributed by atoms with van der Waals surface area (Å²) >= 11 is 0. The lowest BCUT2D eigenvalue weighted by atomic mass is 10.0. The lowest BCUT2D eigenvalue weighted by Crippen LogP contribution is -2.15. The number of Topliss-reactive ketones (excluding diaryl/α,β-unsaturated/α-hetero) is 1. The predicted octanol–water partition coefficient (Wildman–Crippen LogP) is 3.40. The third kappa shape index (κ3) is 3.92. The fraction of sp³-hybridized carbons (Fsp3) is 0.368. The number of rotatable bonds is 6. The number of hydrogen-bond donors (Lipinski definition) is 2. The van der Waals surface area contributed by atoms with Crippen molar-refractivity contribution in [2.45, 2.75) is 33.7 Å². The second kappa shape index (κ2) is 7.45. The Labute approximate surface area is 143 Å². The molecule has 0 unspecified atom stereocenters. The first-order chi connectivity index (χ1) is 11.3. The molecule has 1 aromatic heterocycles. The fourth-order valence-corrected chi connectivity index (χ4v) is 3.01. The maximum Gasteiger partial charge on any atom is 0.272 e. The number of anilines is 1. The molecular weight excluding hydrogens is 302 g/mol. The Balaban J connectivity index is 2.28. The van der Waals surface area contributed by atoms with E-state index in [-0.39, 0.29) is 11.7 Å². The first-order valence-electron chi connectivity index (χ1n) is 8.10. The summed E-state index contributed by atoms with van der Waals surface area (Å²) in [4.78, 5) is 29.6. The molecule has 0 fully saturated rings. The van der Waals surface area contributed by atoms with E-state index in [0.29, 0.717) is 17.7 Å². The maximum absolute atomic E-state index is 12.7. The second-order valence-electron chi connectivity index (χ2n) is 6.28. The SMILES string of the molecule is CCc1c(C(=O)Nc2cccc(CN(C)C)c2)[nH]c(C)c1C(C)=O. The first kappa shape index (κ1) is 17.9. The van der Waals surface area contributed by atoms with Crippen molar-refractivity contribution in [3.05, 3.63) is 52.3 Å². The van der Waals surface area contributed by atoms with Gasteiger partial charge in [0.1, 0.15) is 5.69 Å². The minimum absolute atomic E-state index is 0.0207. The number of aryl methyl sites for hydroxylation is 1. The van der Waals surface area contributed by atoms with E-state index < -0.39 is 0 Å². The molecule has 2 rings (SSSR count). The van der Waals surface area contributed by atoms with Crippen LogP contribution in [0.5, 0.6) is 0 Å². The number of ketones is 1. The number of nitrogens with zero attached hydrogens (tertiary/aromatic N) is 1. The smallest absolute Gasteiger partial charge is 0.272 e. The van der Waals surface area contributed by atoms with Crippen LogP contribution in [-0.2, 0) is 13.0 Å². The van der Waals surface area contributed by atoms with E-state index in [1.54, 1.807) is 0 Å². The van der Waals surface area contributed by atoms with Crippen LogP contribution in [0.4, 0.5) is 5.69 Å². The lowest BCUT2D eigenvalue weighted by Gasteiger charge is -2.11. The minimum Gasteiger partial charge on any atom is -0.354 e. The molecule has 0 aliphatic heterocycles. The summed E-state index contributed by atoms with van der Waals surface area (Å²) in [6.45, 7) is 6.11. The van der Waals surface area contributed by atoms with Gasteiger partial charge in [-0.2, -0.15) is 0 Å². The van der Waals surface area contributed by atoms with Crippen LogP contribution in [0.3, 0.4) is 0 Å². The van der Waals surface area contributed by atoms with Crippen LogP contribution in [0.25, 0.3) is 0 Å². The number of aromatic nitrogens is 1. The molecule has 1 amide bonds. The van der Waals surface area contributed by atoms with Gasteiger partial charge >= 0.3 is 0 Å². The third-order valence-corrected chi connectivity index (χ3v) is 3.91. The topological polar surface area (TPSA) is 65.2 Å². The van der Waals surface area contributed by atoms with Gasteiger partial charge in [0.25, 0.3) is 5.91 Å². The molecule has 0 atom stereocenters. The summed E-state index contributed by atoms with van der Waals surface area (Å²) < 4.78 is 0. The molecule has 2 aromatic rings. The normalized spacial score (nSPS) is 10.9. The highest BCUT2D eigenvalue weighted by molar-refractivity contribution is 6.07. The molecule has 0 aliphatic rings. The summed E-state index contributed by atoms with van der Waals surface area (Å²) in [5.41, 5.74) is 4.49. The highest BCUT2D eigenvalue weighted by Crippen LogP contribution is 2.22. The highest BCUT2D eigenvalue weighted by Gasteiger charge is 2.21. The van der Waals surface area contributed by atoms with Crippen molar-refractivity contribution in [2.75, 3.05) is 19.4 Å². The summed E-state index contributed by atoms with van der Waals surface area (Å²) in [5.74, 6) is -0.239. The van der Waals surface area contributed by atoms with Crippen molar-refractivity contribution < 1.29 is 9.59 Å². The first-order valence-corrected chi connectivity index (χ1v) is 8.10. The number of carbonyl (C=O) groups is 2. The van der Waals surface area contributed by atoms with Gasteiger partial charge in [0.15, 0.2) is 5.78 Å². The maximum atomic E-state index is 12.7. The summed E-state index contributed by atoms with van der Waals surface area (Å²) in [5, 5.41) is 2.93. The Morgan fingerprint density at radius 2 is 1.96 bits per heavy atom. The monoisotopic (exact) mass is 327 g/mol. The molecule has 0 saturated carbocycles. The summed E-state index contributed by atoms with van der Waals surface area (Å²) in [6.07, 6.45) is 0.628. The van der Waals surface area contributed by atoms with E-state index in [0.717, 1.165) is 29.1 Å². The van der Waals surface area contributed by atoms with E-state index in [4.69, 9.17) is 0 Å². The zero-order chi connectivity index (χ0) is 17.9. The van der Waals surface area contributed by atoms with Gasteiger partial charge in [-0.3, -0.25) is 9.59 Å². The van der Waals surface area contributed by atoms with Gasteiger partial charge in [0, 0.05) is 23.5 Å². The van der Waals surface area contributed by atoms with Crippen molar-refractivity contribution in [2.24, 2.45) is 0 Å². The predicted molar refractivity (Wildman–Crippen MR) is 96.7 cm³/mol. The van der Waals surface area contributed by atoms with Gasteiger partial charge in [-0.1, -0.05) is 19.1 Å². The molecule has 2 N–H and O–H groups in total. The van der Waals surface area contributed by atoms with Crippen LogP contribution in [0.15, 0.2) is 24.3 Å². The highest BCUT2D eigenvalue weighted by atomic mass is 16.2. The van der Waals surface area contributed by atoms with E-state index in [1.165, 1.54) is 6.92 Å². The minimum atomic E-state index is -0.218. The number of carbonyl (C=O) groups excluding carboxylic acids is 2. The Hall–Kier alpha value is -2.40. The van der Waals surface area contributed by atoms with E-state index >= 15 is 0 Å². The fourth-order valence-electron chi connectivity index (χ4n) is 3.01. The van der Waals surface area contributed by atoms with Crippen molar-refractivity contribution in [3.63, 3.8) is 0 Å². The molecule has 5 nitrogen and oxygen atoms in total. The zero-order valence-electron chi connectivity index (χ0n) is 15.0. The molecule has 0 bridgehead atoms. The van der Waals surface area contributed by atoms with E-state index in [9.17, 15) is 9.59 Å². The van der Waals surface area contributed by atoms with Gasteiger partial charge in [-0.15, -0.1) is 0 Å². The molecule has 128 valence electrons. The van der Waals surface area contributed by atoms with Crippen LogP contribution < -0.4 is 5.32 Å². The summed E-state index contributed by atoms with van der Waals surface area (Å²) in [6, 6.07) is 7.78. The molecule has 0 aliphatic carbocycles. The number of aromatic amines is 1. The van der Waals surface area contributed by atoms with Crippen molar-refractivity contribution >= 4 is 17.4 Å². The quantitative estimate of drug-likeness (QED) is 0.799. The molecule has 1 aromatic carbocycles. The van der Waals surface area contributed by atoms with E-state index in [2.05, 4.69) is 15.2 Å². The van der Waals surface area contributed by atoms with Gasteiger partial charge in [0.05, 0.1) is 0 Å².